The average molecular weight is 421 g/mol. The fraction of sp³-hybridized carbons (Fsp3) is 0.375. The predicted octanol–water partition coefficient (Wildman–Crippen LogP) is 4.46. The Balaban J connectivity index is 1.44. The first-order chi connectivity index (χ1) is 14.7. The fourth-order valence-electron chi connectivity index (χ4n) is 4.11. The molecule has 4 rings (SSSR count). The van der Waals surface area contributed by atoms with Gasteiger partial charge >= 0.3 is 0 Å². The van der Waals surface area contributed by atoms with E-state index in [1.807, 2.05) is 16.7 Å². The number of rotatable bonds is 7. The SMILES string of the molecule is CCCN(C(=O)CSc1nncn1-c1ccc(C)cc1)[C@H]1CCc2ccccc2C1. The Morgan fingerprint density at radius 2 is 1.93 bits per heavy atom. The molecule has 6 heteroatoms. The molecule has 5 nitrogen and oxygen atoms in total. The number of hydrogen-bond donors (Lipinski definition) is 0. The van der Waals surface area contributed by atoms with E-state index < -0.39 is 0 Å². The lowest BCUT2D eigenvalue weighted by molar-refractivity contribution is -0.130. The first-order valence-electron chi connectivity index (χ1n) is 10.6. The summed E-state index contributed by atoms with van der Waals surface area (Å²) in [7, 11) is 0. The van der Waals surface area contributed by atoms with Gasteiger partial charge in [0, 0.05) is 18.3 Å². The van der Waals surface area contributed by atoms with Crippen LogP contribution in [0.1, 0.15) is 36.5 Å². The molecule has 2 aromatic carbocycles. The molecular weight excluding hydrogens is 392 g/mol. The van der Waals surface area contributed by atoms with Crippen molar-refractivity contribution in [3.05, 3.63) is 71.5 Å². The summed E-state index contributed by atoms with van der Waals surface area (Å²) < 4.78 is 1.94. The molecule has 1 atom stereocenters. The summed E-state index contributed by atoms with van der Waals surface area (Å²) in [5.74, 6) is 0.563. The minimum atomic E-state index is 0.185. The van der Waals surface area contributed by atoms with Crippen LogP contribution < -0.4 is 0 Å². The van der Waals surface area contributed by atoms with Crippen molar-refractivity contribution in [1.29, 1.82) is 0 Å². The highest BCUT2D eigenvalue weighted by Crippen LogP contribution is 2.26. The maximum Gasteiger partial charge on any atom is 0.233 e. The van der Waals surface area contributed by atoms with Crippen LogP contribution in [-0.4, -0.2) is 43.9 Å². The maximum atomic E-state index is 13.2. The normalized spacial score (nSPS) is 15.6. The van der Waals surface area contributed by atoms with E-state index in [9.17, 15) is 4.79 Å². The molecule has 1 aliphatic carbocycles. The minimum absolute atomic E-state index is 0.185. The van der Waals surface area contributed by atoms with E-state index in [2.05, 4.69) is 65.3 Å². The predicted molar refractivity (Wildman–Crippen MR) is 121 cm³/mol. The molecule has 0 N–H and O–H groups in total. The Kier molecular flexibility index (Phi) is 6.53. The fourth-order valence-corrected chi connectivity index (χ4v) is 4.93. The lowest BCUT2D eigenvalue weighted by Crippen LogP contribution is -2.44. The Bertz CT molecular complexity index is 998. The van der Waals surface area contributed by atoms with Gasteiger partial charge in [-0.25, -0.2) is 0 Å². The van der Waals surface area contributed by atoms with E-state index in [-0.39, 0.29) is 11.9 Å². The summed E-state index contributed by atoms with van der Waals surface area (Å²) in [6.45, 7) is 5.01. The number of amides is 1. The van der Waals surface area contributed by atoms with Gasteiger partial charge < -0.3 is 4.90 Å². The van der Waals surface area contributed by atoms with Gasteiger partial charge in [0.05, 0.1) is 5.75 Å². The highest BCUT2D eigenvalue weighted by molar-refractivity contribution is 7.99. The average Bonchev–Trinajstić information content (AvgIpc) is 3.24. The van der Waals surface area contributed by atoms with Crippen molar-refractivity contribution >= 4 is 17.7 Å². The number of carbonyl (C=O) groups excluding carboxylic acids is 1. The molecule has 1 amide bonds. The molecule has 30 heavy (non-hydrogen) atoms. The van der Waals surface area contributed by atoms with E-state index in [1.54, 1.807) is 6.33 Å². The summed E-state index contributed by atoms with van der Waals surface area (Å²) in [6.07, 6.45) is 5.70. The summed E-state index contributed by atoms with van der Waals surface area (Å²) in [5, 5.41) is 9.05. The highest BCUT2D eigenvalue weighted by atomic mass is 32.2. The van der Waals surface area contributed by atoms with Crippen molar-refractivity contribution in [2.45, 2.75) is 50.7 Å². The largest absolute Gasteiger partial charge is 0.339 e. The van der Waals surface area contributed by atoms with Gasteiger partial charge in [0.1, 0.15) is 6.33 Å². The smallest absolute Gasteiger partial charge is 0.233 e. The second-order valence-corrected chi connectivity index (χ2v) is 8.80. The number of fused-ring (bicyclic) bond motifs is 1. The second kappa shape index (κ2) is 9.47. The van der Waals surface area contributed by atoms with Gasteiger partial charge in [-0.3, -0.25) is 9.36 Å². The zero-order chi connectivity index (χ0) is 20.9. The monoisotopic (exact) mass is 420 g/mol. The van der Waals surface area contributed by atoms with Crippen LogP contribution in [-0.2, 0) is 17.6 Å². The van der Waals surface area contributed by atoms with Crippen LogP contribution in [0, 0.1) is 6.92 Å². The molecule has 0 saturated carbocycles. The lowest BCUT2D eigenvalue weighted by Gasteiger charge is -2.35. The van der Waals surface area contributed by atoms with Crippen molar-refractivity contribution in [3.8, 4) is 5.69 Å². The van der Waals surface area contributed by atoms with Gasteiger partial charge in [-0.1, -0.05) is 60.6 Å². The quantitative estimate of drug-likeness (QED) is 0.530. The van der Waals surface area contributed by atoms with Gasteiger partial charge in [0.15, 0.2) is 5.16 Å². The molecule has 0 saturated heterocycles. The summed E-state index contributed by atoms with van der Waals surface area (Å²) >= 11 is 1.46. The Morgan fingerprint density at radius 3 is 2.70 bits per heavy atom. The molecule has 0 aliphatic heterocycles. The molecule has 156 valence electrons. The maximum absolute atomic E-state index is 13.2. The number of hydrogen-bond acceptors (Lipinski definition) is 4. The Morgan fingerprint density at radius 1 is 1.17 bits per heavy atom. The van der Waals surface area contributed by atoms with E-state index in [1.165, 1.54) is 28.5 Å². The number of benzene rings is 2. The highest BCUT2D eigenvalue weighted by Gasteiger charge is 2.27. The summed E-state index contributed by atoms with van der Waals surface area (Å²) in [4.78, 5) is 15.3. The third-order valence-electron chi connectivity index (χ3n) is 5.70. The summed E-state index contributed by atoms with van der Waals surface area (Å²) in [6, 6.07) is 17.1. The number of aryl methyl sites for hydroxylation is 2. The molecule has 1 aliphatic rings. The second-order valence-electron chi connectivity index (χ2n) is 7.86. The topological polar surface area (TPSA) is 51.0 Å². The van der Waals surface area contributed by atoms with Crippen LogP contribution >= 0.6 is 11.8 Å². The van der Waals surface area contributed by atoms with Gasteiger partial charge in [-0.2, -0.15) is 0 Å². The molecule has 3 aromatic rings. The number of carbonyl (C=O) groups is 1. The molecule has 0 bridgehead atoms. The van der Waals surface area contributed by atoms with E-state index in [0.717, 1.165) is 43.1 Å². The molecule has 1 aromatic heterocycles. The third-order valence-corrected chi connectivity index (χ3v) is 6.63. The first kappa shape index (κ1) is 20.7. The molecule has 1 heterocycles. The van der Waals surface area contributed by atoms with Gasteiger partial charge in [-0.15, -0.1) is 10.2 Å². The molecular formula is C24H28N4OS. The standard InChI is InChI=1S/C24H28N4OS/c1-3-14-27(22-13-10-19-6-4-5-7-20(19)15-22)23(29)16-30-24-26-25-17-28(24)21-11-8-18(2)9-12-21/h4-9,11-12,17,22H,3,10,13-16H2,1-2H3/t22-/m0/s1. The Labute approximate surface area is 182 Å². The van der Waals surface area contributed by atoms with Crippen molar-refractivity contribution in [3.63, 3.8) is 0 Å². The molecule has 0 fully saturated rings. The number of thioether (sulfide) groups is 1. The zero-order valence-electron chi connectivity index (χ0n) is 17.6. The first-order valence-corrected chi connectivity index (χ1v) is 11.6. The van der Waals surface area contributed by atoms with Gasteiger partial charge in [0.25, 0.3) is 0 Å². The van der Waals surface area contributed by atoms with Crippen LogP contribution in [0.15, 0.2) is 60.0 Å². The van der Waals surface area contributed by atoms with Gasteiger partial charge in [0.2, 0.25) is 5.91 Å². The number of nitrogens with zero attached hydrogens (tertiary/aromatic N) is 4. The van der Waals surface area contributed by atoms with Crippen LogP contribution in [0.2, 0.25) is 0 Å². The van der Waals surface area contributed by atoms with Crippen molar-refractivity contribution < 1.29 is 4.79 Å². The molecule has 0 unspecified atom stereocenters. The van der Waals surface area contributed by atoms with E-state index in [0.29, 0.717) is 5.75 Å². The van der Waals surface area contributed by atoms with E-state index in [4.69, 9.17) is 0 Å². The van der Waals surface area contributed by atoms with E-state index >= 15 is 0 Å². The van der Waals surface area contributed by atoms with Crippen molar-refractivity contribution in [1.82, 2.24) is 19.7 Å². The van der Waals surface area contributed by atoms with Crippen LogP contribution in [0.25, 0.3) is 5.69 Å². The van der Waals surface area contributed by atoms with Crippen molar-refractivity contribution in [2.24, 2.45) is 0 Å². The zero-order valence-corrected chi connectivity index (χ0v) is 18.4. The number of aromatic nitrogens is 3. The van der Waals surface area contributed by atoms with Crippen LogP contribution in [0.3, 0.4) is 0 Å². The van der Waals surface area contributed by atoms with Crippen LogP contribution in [0.5, 0.6) is 0 Å². The van der Waals surface area contributed by atoms with Gasteiger partial charge in [-0.05, 0) is 55.9 Å². The van der Waals surface area contributed by atoms with Crippen molar-refractivity contribution in [2.75, 3.05) is 12.3 Å². The lowest BCUT2D eigenvalue weighted by atomic mass is 9.87. The third kappa shape index (κ3) is 4.59. The molecule has 0 spiro atoms. The van der Waals surface area contributed by atoms with Crippen LogP contribution in [0.4, 0.5) is 0 Å². The molecule has 0 radical (unpaired) electrons. The Hall–Kier alpha value is -2.60. The minimum Gasteiger partial charge on any atom is -0.339 e. The summed E-state index contributed by atoms with van der Waals surface area (Å²) in [5.41, 5.74) is 5.03.